The van der Waals surface area contributed by atoms with Crippen LogP contribution in [0.3, 0.4) is 0 Å². The number of rotatable bonds is 4. The molecular formula is C12H14BrN5. The highest BCUT2D eigenvalue weighted by atomic mass is 79.9. The fourth-order valence-corrected chi connectivity index (χ4v) is 1.90. The number of hydrogen-bond acceptors (Lipinski definition) is 5. The number of nitrogens with zero attached hydrogens (tertiary/aromatic N) is 2. The molecule has 2 rings (SSSR count). The van der Waals surface area contributed by atoms with Gasteiger partial charge in [-0.25, -0.2) is 10.8 Å². The molecule has 0 spiro atoms. The average molecular weight is 308 g/mol. The molecular weight excluding hydrogens is 294 g/mol. The molecule has 0 aliphatic heterocycles. The van der Waals surface area contributed by atoms with Crippen LogP contribution in [0, 0.1) is 6.92 Å². The number of halogens is 1. The van der Waals surface area contributed by atoms with E-state index in [1.165, 1.54) is 11.1 Å². The summed E-state index contributed by atoms with van der Waals surface area (Å²) in [7, 11) is 0. The van der Waals surface area contributed by atoms with Gasteiger partial charge in [-0.05, 0) is 28.4 Å². The molecule has 0 amide bonds. The molecule has 0 unspecified atom stereocenters. The van der Waals surface area contributed by atoms with E-state index < -0.39 is 0 Å². The average Bonchev–Trinajstić information content (AvgIpc) is 2.38. The smallest absolute Gasteiger partial charge is 0.239 e. The molecule has 0 saturated carbocycles. The molecule has 0 saturated heterocycles. The number of nitrogen functional groups attached to an aromatic ring is 1. The minimum atomic E-state index is 0.380. The van der Waals surface area contributed by atoms with Crippen molar-refractivity contribution in [2.45, 2.75) is 13.5 Å². The molecule has 0 radical (unpaired) electrons. The topological polar surface area (TPSA) is 75.9 Å². The van der Waals surface area contributed by atoms with Crippen LogP contribution in [0.1, 0.15) is 11.1 Å². The first-order chi connectivity index (χ1) is 8.69. The van der Waals surface area contributed by atoms with Crippen molar-refractivity contribution in [2.24, 2.45) is 5.84 Å². The predicted molar refractivity (Wildman–Crippen MR) is 76.0 cm³/mol. The van der Waals surface area contributed by atoms with E-state index in [1.807, 2.05) is 6.07 Å². The van der Waals surface area contributed by atoms with Crippen molar-refractivity contribution < 1.29 is 0 Å². The van der Waals surface area contributed by atoms with Gasteiger partial charge in [0.2, 0.25) is 5.95 Å². The molecule has 0 bridgehead atoms. The Morgan fingerprint density at radius 3 is 2.94 bits per heavy atom. The molecule has 5 nitrogen and oxygen atoms in total. The fourth-order valence-electron chi connectivity index (χ4n) is 1.57. The van der Waals surface area contributed by atoms with Gasteiger partial charge in [0.25, 0.3) is 0 Å². The third kappa shape index (κ3) is 3.18. The van der Waals surface area contributed by atoms with Gasteiger partial charge in [-0.3, -0.25) is 5.43 Å². The van der Waals surface area contributed by atoms with Gasteiger partial charge >= 0.3 is 0 Å². The Morgan fingerprint density at radius 1 is 1.39 bits per heavy atom. The minimum Gasteiger partial charge on any atom is -0.365 e. The molecule has 1 aromatic heterocycles. The lowest BCUT2D eigenvalue weighted by atomic mass is 10.1. The normalized spacial score (nSPS) is 10.2. The summed E-state index contributed by atoms with van der Waals surface area (Å²) in [5.74, 6) is 6.37. The number of aromatic nitrogens is 2. The Hall–Kier alpha value is -1.66. The van der Waals surface area contributed by atoms with E-state index in [0.29, 0.717) is 18.3 Å². The van der Waals surface area contributed by atoms with E-state index in [9.17, 15) is 0 Å². The maximum absolute atomic E-state index is 5.28. The summed E-state index contributed by atoms with van der Waals surface area (Å²) in [6.45, 7) is 2.77. The second-order valence-electron chi connectivity index (χ2n) is 3.88. The summed E-state index contributed by atoms with van der Waals surface area (Å²) < 4.78 is 0.800. The monoisotopic (exact) mass is 307 g/mol. The predicted octanol–water partition coefficient (Wildman–Crippen LogP) is 2.45. The zero-order valence-electron chi connectivity index (χ0n) is 9.94. The van der Waals surface area contributed by atoms with Crippen LogP contribution in [-0.2, 0) is 6.54 Å². The lowest BCUT2D eigenvalue weighted by Gasteiger charge is -2.09. The van der Waals surface area contributed by atoms with Crippen molar-refractivity contribution >= 4 is 27.7 Å². The van der Waals surface area contributed by atoms with Gasteiger partial charge in [-0.1, -0.05) is 29.8 Å². The maximum atomic E-state index is 5.28. The SMILES string of the molecule is Cc1cccc(CNc2nc(NN)ncc2Br)c1. The molecule has 0 aliphatic rings. The maximum Gasteiger partial charge on any atom is 0.239 e. The van der Waals surface area contributed by atoms with Crippen molar-refractivity contribution in [1.29, 1.82) is 0 Å². The molecule has 4 N–H and O–H groups in total. The van der Waals surface area contributed by atoms with Crippen LogP contribution < -0.4 is 16.6 Å². The Kier molecular flexibility index (Phi) is 4.11. The molecule has 0 fully saturated rings. The quantitative estimate of drug-likeness (QED) is 0.597. The van der Waals surface area contributed by atoms with Crippen LogP contribution in [0.2, 0.25) is 0 Å². The number of nitrogens with one attached hydrogen (secondary N) is 2. The number of nitrogens with two attached hydrogens (primary N) is 1. The Morgan fingerprint density at radius 2 is 2.22 bits per heavy atom. The van der Waals surface area contributed by atoms with Crippen LogP contribution >= 0.6 is 15.9 Å². The molecule has 94 valence electrons. The molecule has 2 aromatic rings. The second kappa shape index (κ2) is 5.79. The van der Waals surface area contributed by atoms with Crippen LogP contribution in [0.25, 0.3) is 0 Å². The number of hydrogen-bond donors (Lipinski definition) is 3. The third-order valence-corrected chi connectivity index (χ3v) is 3.00. The summed E-state index contributed by atoms with van der Waals surface area (Å²) in [6, 6.07) is 8.30. The van der Waals surface area contributed by atoms with Gasteiger partial charge in [-0.15, -0.1) is 0 Å². The fraction of sp³-hybridized carbons (Fsp3) is 0.167. The molecule has 6 heteroatoms. The molecule has 0 atom stereocenters. The van der Waals surface area contributed by atoms with Gasteiger partial charge in [0.15, 0.2) is 0 Å². The number of benzene rings is 1. The molecule has 18 heavy (non-hydrogen) atoms. The van der Waals surface area contributed by atoms with Gasteiger partial charge in [0.05, 0.1) is 4.47 Å². The molecule has 1 aromatic carbocycles. The highest BCUT2D eigenvalue weighted by Gasteiger charge is 2.04. The summed E-state index contributed by atoms with van der Waals surface area (Å²) in [5.41, 5.74) is 4.85. The summed E-state index contributed by atoms with van der Waals surface area (Å²) in [5, 5.41) is 3.24. The zero-order valence-corrected chi connectivity index (χ0v) is 11.5. The minimum absolute atomic E-state index is 0.380. The van der Waals surface area contributed by atoms with Crippen LogP contribution in [-0.4, -0.2) is 9.97 Å². The Labute approximate surface area is 114 Å². The zero-order chi connectivity index (χ0) is 13.0. The highest BCUT2D eigenvalue weighted by Crippen LogP contribution is 2.20. The van der Waals surface area contributed by atoms with E-state index in [1.54, 1.807) is 6.20 Å². The highest BCUT2D eigenvalue weighted by molar-refractivity contribution is 9.10. The first-order valence-electron chi connectivity index (χ1n) is 5.47. The van der Waals surface area contributed by atoms with E-state index in [4.69, 9.17) is 5.84 Å². The van der Waals surface area contributed by atoms with E-state index in [-0.39, 0.29) is 0 Å². The first kappa shape index (κ1) is 12.8. The summed E-state index contributed by atoms with van der Waals surface area (Å²) in [4.78, 5) is 8.22. The number of anilines is 2. The third-order valence-electron chi connectivity index (χ3n) is 2.42. The standard InChI is InChI=1S/C12H14BrN5/c1-8-3-2-4-9(5-8)6-15-11-10(13)7-16-12(17-11)18-14/h2-5,7H,6,14H2,1H3,(H2,15,16,17,18). The van der Waals surface area contributed by atoms with Crippen LogP contribution in [0.15, 0.2) is 34.9 Å². The van der Waals surface area contributed by atoms with Crippen molar-refractivity contribution in [1.82, 2.24) is 9.97 Å². The molecule has 0 aliphatic carbocycles. The first-order valence-corrected chi connectivity index (χ1v) is 6.27. The summed E-state index contributed by atoms with van der Waals surface area (Å²) >= 11 is 3.39. The van der Waals surface area contributed by atoms with Crippen molar-refractivity contribution in [3.8, 4) is 0 Å². The molecule has 1 heterocycles. The second-order valence-corrected chi connectivity index (χ2v) is 4.73. The van der Waals surface area contributed by atoms with Gasteiger partial charge in [0, 0.05) is 12.7 Å². The largest absolute Gasteiger partial charge is 0.365 e. The van der Waals surface area contributed by atoms with Gasteiger partial charge in [-0.2, -0.15) is 4.98 Å². The van der Waals surface area contributed by atoms with Crippen LogP contribution in [0.4, 0.5) is 11.8 Å². The van der Waals surface area contributed by atoms with E-state index >= 15 is 0 Å². The van der Waals surface area contributed by atoms with Crippen molar-refractivity contribution in [3.63, 3.8) is 0 Å². The lowest BCUT2D eigenvalue weighted by Crippen LogP contribution is -2.12. The van der Waals surface area contributed by atoms with E-state index in [0.717, 1.165) is 4.47 Å². The van der Waals surface area contributed by atoms with Crippen molar-refractivity contribution in [3.05, 3.63) is 46.1 Å². The summed E-state index contributed by atoms with van der Waals surface area (Å²) in [6.07, 6.45) is 1.65. The Bertz CT molecular complexity index is 544. The van der Waals surface area contributed by atoms with Gasteiger partial charge in [0.1, 0.15) is 5.82 Å². The number of aryl methyl sites for hydroxylation is 1. The van der Waals surface area contributed by atoms with Crippen molar-refractivity contribution in [2.75, 3.05) is 10.7 Å². The lowest BCUT2D eigenvalue weighted by molar-refractivity contribution is 1.05. The van der Waals surface area contributed by atoms with E-state index in [2.05, 4.69) is 61.8 Å². The Balaban J connectivity index is 2.10. The number of hydrazine groups is 1. The van der Waals surface area contributed by atoms with Crippen LogP contribution in [0.5, 0.6) is 0 Å². The van der Waals surface area contributed by atoms with Gasteiger partial charge < -0.3 is 5.32 Å².